The summed E-state index contributed by atoms with van der Waals surface area (Å²) in [4.78, 5) is 23.3. The molecule has 1 N–H and O–H groups in total. The topological polar surface area (TPSA) is 55.4 Å². The fourth-order valence-corrected chi connectivity index (χ4v) is 2.85. The molecule has 130 valence electrons. The van der Waals surface area contributed by atoms with Crippen LogP contribution in [0.5, 0.6) is 0 Å². The first-order valence-electron chi connectivity index (χ1n) is 8.11. The largest absolute Gasteiger partial charge is 0.452 e. The summed E-state index contributed by atoms with van der Waals surface area (Å²) in [5, 5.41) is 2.78. The molecule has 6 heteroatoms. The lowest BCUT2D eigenvalue weighted by Gasteiger charge is -2.21. The molecule has 0 atom stereocenters. The first kappa shape index (κ1) is 18.5. The van der Waals surface area contributed by atoms with Gasteiger partial charge < -0.3 is 10.1 Å². The minimum Gasteiger partial charge on any atom is -0.452 e. The predicted molar refractivity (Wildman–Crippen MR) is 91.0 cm³/mol. The van der Waals surface area contributed by atoms with Gasteiger partial charge in [0.1, 0.15) is 5.82 Å². The highest BCUT2D eigenvalue weighted by atomic mass is 35.5. The van der Waals surface area contributed by atoms with E-state index in [1.165, 1.54) is 49.6 Å². The van der Waals surface area contributed by atoms with Gasteiger partial charge in [-0.15, -0.1) is 0 Å². The Morgan fingerprint density at radius 3 is 2.75 bits per heavy atom. The molecule has 0 spiro atoms. The number of esters is 1. The lowest BCUT2D eigenvalue weighted by molar-refractivity contribution is -0.143. The minimum atomic E-state index is -0.636. The summed E-state index contributed by atoms with van der Waals surface area (Å²) in [6.45, 7) is 0.334. The van der Waals surface area contributed by atoms with Crippen molar-refractivity contribution in [3.63, 3.8) is 0 Å². The second-order valence-electron chi connectivity index (χ2n) is 5.92. The van der Waals surface area contributed by atoms with Gasteiger partial charge in [-0.3, -0.25) is 4.79 Å². The summed E-state index contributed by atoms with van der Waals surface area (Å²) in [6.07, 6.45) is 8.62. The second kappa shape index (κ2) is 9.42. The van der Waals surface area contributed by atoms with Crippen molar-refractivity contribution >= 4 is 29.6 Å². The Morgan fingerprint density at radius 2 is 2.04 bits per heavy atom. The van der Waals surface area contributed by atoms with E-state index in [-0.39, 0.29) is 17.5 Å². The summed E-state index contributed by atoms with van der Waals surface area (Å²) >= 11 is 5.65. The van der Waals surface area contributed by atoms with Crippen molar-refractivity contribution in [2.24, 2.45) is 5.92 Å². The molecule has 4 nitrogen and oxygen atoms in total. The lowest BCUT2D eigenvalue weighted by atomic mass is 9.89. The lowest BCUT2D eigenvalue weighted by Crippen LogP contribution is -2.33. The second-order valence-corrected chi connectivity index (χ2v) is 6.33. The van der Waals surface area contributed by atoms with Crippen LogP contribution in [0.1, 0.15) is 37.7 Å². The summed E-state index contributed by atoms with van der Waals surface area (Å²) in [6, 6.07) is 4.10. The van der Waals surface area contributed by atoms with Crippen LogP contribution in [-0.2, 0) is 14.3 Å². The third-order valence-corrected chi connectivity index (χ3v) is 4.30. The van der Waals surface area contributed by atoms with Gasteiger partial charge in [-0.25, -0.2) is 9.18 Å². The molecule has 0 aliphatic heterocycles. The Morgan fingerprint density at radius 1 is 1.29 bits per heavy atom. The first-order valence-corrected chi connectivity index (χ1v) is 8.49. The number of rotatable bonds is 6. The summed E-state index contributed by atoms with van der Waals surface area (Å²) in [5.41, 5.74) is 0.570. The Balaban J connectivity index is 1.68. The van der Waals surface area contributed by atoms with Gasteiger partial charge in [0.05, 0.1) is 5.02 Å². The van der Waals surface area contributed by atoms with Crippen LogP contribution in [0.2, 0.25) is 5.02 Å². The van der Waals surface area contributed by atoms with Crippen molar-refractivity contribution in [1.29, 1.82) is 0 Å². The predicted octanol–water partition coefficient (Wildman–Crippen LogP) is 3.73. The summed E-state index contributed by atoms with van der Waals surface area (Å²) < 4.78 is 17.9. The number of ether oxygens (including phenoxy) is 1. The smallest absolute Gasteiger partial charge is 0.331 e. The van der Waals surface area contributed by atoms with Crippen LogP contribution in [0, 0.1) is 11.7 Å². The molecular formula is C18H21ClFNO3. The number of carbonyl (C=O) groups is 2. The zero-order chi connectivity index (χ0) is 17.4. The maximum absolute atomic E-state index is 13.0. The van der Waals surface area contributed by atoms with Gasteiger partial charge in [0.2, 0.25) is 0 Å². The van der Waals surface area contributed by atoms with Crippen molar-refractivity contribution in [2.75, 3.05) is 13.2 Å². The molecule has 1 aliphatic carbocycles. The molecule has 1 aromatic rings. The van der Waals surface area contributed by atoms with Gasteiger partial charge in [-0.2, -0.15) is 0 Å². The summed E-state index contributed by atoms with van der Waals surface area (Å²) in [7, 11) is 0. The number of hydrogen-bond donors (Lipinski definition) is 1. The normalized spacial score (nSPS) is 15.4. The molecule has 0 aromatic heterocycles. The molecule has 0 radical (unpaired) electrons. The first-order chi connectivity index (χ1) is 11.5. The van der Waals surface area contributed by atoms with E-state index in [1.54, 1.807) is 0 Å². The highest BCUT2D eigenvalue weighted by molar-refractivity contribution is 6.30. The average Bonchev–Trinajstić information content (AvgIpc) is 2.60. The van der Waals surface area contributed by atoms with Gasteiger partial charge in [-0.05, 0) is 42.5 Å². The average molecular weight is 354 g/mol. The molecule has 1 saturated carbocycles. The molecule has 1 amide bonds. The van der Waals surface area contributed by atoms with Gasteiger partial charge in [0, 0.05) is 12.6 Å². The number of nitrogens with one attached hydrogen (secondary N) is 1. The van der Waals surface area contributed by atoms with Gasteiger partial charge in [-0.1, -0.05) is 36.9 Å². The van der Waals surface area contributed by atoms with E-state index < -0.39 is 11.8 Å². The fraction of sp³-hybridized carbons (Fsp3) is 0.444. The number of amides is 1. The van der Waals surface area contributed by atoms with E-state index in [1.807, 2.05) is 0 Å². The van der Waals surface area contributed by atoms with Crippen LogP contribution in [-0.4, -0.2) is 25.0 Å². The van der Waals surface area contributed by atoms with Crippen molar-refractivity contribution < 1.29 is 18.7 Å². The SMILES string of the molecule is O=C(COC(=O)/C=C/c1ccc(F)c(Cl)c1)NCC1CCCCC1. The molecule has 0 unspecified atom stereocenters. The van der Waals surface area contributed by atoms with Crippen LogP contribution in [0.15, 0.2) is 24.3 Å². The molecule has 0 heterocycles. The maximum Gasteiger partial charge on any atom is 0.331 e. The highest BCUT2D eigenvalue weighted by Gasteiger charge is 2.14. The van der Waals surface area contributed by atoms with Crippen molar-refractivity contribution in [1.82, 2.24) is 5.32 Å². The van der Waals surface area contributed by atoms with Gasteiger partial charge >= 0.3 is 5.97 Å². The number of hydrogen-bond acceptors (Lipinski definition) is 3. The molecule has 2 rings (SSSR count). The third kappa shape index (κ3) is 6.32. The monoisotopic (exact) mass is 353 g/mol. The zero-order valence-corrected chi connectivity index (χ0v) is 14.2. The standard InChI is InChI=1S/C18H21ClFNO3/c19-15-10-13(6-8-16(15)20)7-9-18(23)24-12-17(22)21-11-14-4-2-1-3-5-14/h6-10,14H,1-5,11-12H2,(H,21,22)/b9-7+. The third-order valence-electron chi connectivity index (χ3n) is 4.01. The van der Waals surface area contributed by atoms with E-state index in [0.29, 0.717) is 18.0 Å². The molecule has 1 fully saturated rings. The highest BCUT2D eigenvalue weighted by Crippen LogP contribution is 2.22. The molecule has 0 saturated heterocycles. The Labute approximate surface area is 146 Å². The van der Waals surface area contributed by atoms with Crippen LogP contribution >= 0.6 is 11.6 Å². The Bertz CT molecular complexity index is 612. The van der Waals surface area contributed by atoms with E-state index in [9.17, 15) is 14.0 Å². The number of carbonyl (C=O) groups excluding carboxylic acids is 2. The Kier molecular flexibility index (Phi) is 7.25. The van der Waals surface area contributed by atoms with E-state index in [0.717, 1.165) is 12.8 Å². The van der Waals surface area contributed by atoms with Crippen LogP contribution in [0.25, 0.3) is 6.08 Å². The van der Waals surface area contributed by atoms with E-state index in [4.69, 9.17) is 16.3 Å². The fourth-order valence-electron chi connectivity index (χ4n) is 2.67. The van der Waals surface area contributed by atoms with Crippen LogP contribution < -0.4 is 5.32 Å². The zero-order valence-electron chi connectivity index (χ0n) is 13.4. The maximum atomic E-state index is 13.0. The Hall–Kier alpha value is -1.88. The van der Waals surface area contributed by atoms with E-state index in [2.05, 4.69) is 5.32 Å². The van der Waals surface area contributed by atoms with Gasteiger partial charge in [0.15, 0.2) is 6.61 Å². The van der Waals surface area contributed by atoms with Crippen molar-refractivity contribution in [3.8, 4) is 0 Å². The molecule has 24 heavy (non-hydrogen) atoms. The number of halogens is 2. The van der Waals surface area contributed by atoms with Crippen molar-refractivity contribution in [3.05, 3.63) is 40.7 Å². The number of benzene rings is 1. The minimum absolute atomic E-state index is 0.0207. The van der Waals surface area contributed by atoms with Gasteiger partial charge in [0.25, 0.3) is 5.91 Å². The molecule has 1 aromatic carbocycles. The van der Waals surface area contributed by atoms with Crippen LogP contribution in [0.3, 0.4) is 0 Å². The quantitative estimate of drug-likeness (QED) is 0.626. The van der Waals surface area contributed by atoms with Crippen molar-refractivity contribution in [2.45, 2.75) is 32.1 Å². The van der Waals surface area contributed by atoms with Crippen LogP contribution in [0.4, 0.5) is 4.39 Å². The molecule has 1 aliphatic rings. The summed E-state index contributed by atoms with van der Waals surface area (Å²) in [5.74, 6) is -0.928. The molecule has 0 bridgehead atoms. The van der Waals surface area contributed by atoms with E-state index >= 15 is 0 Å². The molecular weight excluding hydrogens is 333 g/mol.